The lowest BCUT2D eigenvalue weighted by Gasteiger charge is -2.08. The quantitative estimate of drug-likeness (QED) is 0.557. The predicted molar refractivity (Wildman–Crippen MR) is 87.9 cm³/mol. The van der Waals surface area contributed by atoms with Gasteiger partial charge in [-0.2, -0.15) is 0 Å². The van der Waals surface area contributed by atoms with Crippen LogP contribution in [0.1, 0.15) is 32.3 Å². The molecule has 0 unspecified atom stereocenters. The summed E-state index contributed by atoms with van der Waals surface area (Å²) in [5, 5.41) is 4.84. The van der Waals surface area contributed by atoms with Crippen molar-refractivity contribution >= 4 is 10.9 Å². The number of allylic oxidation sites excluding steroid dienone is 1. The van der Waals surface area contributed by atoms with Crippen molar-refractivity contribution < 1.29 is 0 Å². The first kappa shape index (κ1) is 14.9. The summed E-state index contributed by atoms with van der Waals surface area (Å²) in [7, 11) is 0. The third-order valence-electron chi connectivity index (χ3n) is 3.52. The predicted octanol–water partition coefficient (Wildman–Crippen LogP) is 4.35. The van der Waals surface area contributed by atoms with Gasteiger partial charge in [-0.05, 0) is 54.5 Å². The van der Waals surface area contributed by atoms with Crippen molar-refractivity contribution in [2.24, 2.45) is 5.92 Å². The zero-order valence-corrected chi connectivity index (χ0v) is 12.7. The van der Waals surface area contributed by atoms with E-state index in [1.807, 2.05) is 6.08 Å². The van der Waals surface area contributed by atoms with E-state index in [2.05, 4.69) is 60.8 Å². The Kier molecular flexibility index (Phi) is 5.42. The number of benzene rings is 1. The summed E-state index contributed by atoms with van der Waals surface area (Å²) in [4.78, 5) is 0. The summed E-state index contributed by atoms with van der Waals surface area (Å²) in [6.07, 6.45) is 6.42. The van der Waals surface area contributed by atoms with E-state index in [-0.39, 0.29) is 0 Å². The van der Waals surface area contributed by atoms with Gasteiger partial charge in [0.2, 0.25) is 0 Å². The second kappa shape index (κ2) is 7.30. The van der Waals surface area contributed by atoms with Crippen molar-refractivity contribution in [2.75, 3.05) is 6.54 Å². The van der Waals surface area contributed by atoms with Crippen molar-refractivity contribution in [1.29, 1.82) is 0 Å². The maximum absolute atomic E-state index is 3.78. The Morgan fingerprint density at radius 1 is 1.30 bits per heavy atom. The zero-order valence-electron chi connectivity index (χ0n) is 12.7. The lowest BCUT2D eigenvalue weighted by Crippen LogP contribution is -2.18. The monoisotopic (exact) mass is 270 g/mol. The van der Waals surface area contributed by atoms with Crippen molar-refractivity contribution in [1.82, 2.24) is 9.88 Å². The molecule has 2 nitrogen and oxygen atoms in total. The number of nitrogens with zero attached hydrogens (tertiary/aromatic N) is 1. The lowest BCUT2D eigenvalue weighted by atomic mass is 10.1. The van der Waals surface area contributed by atoms with Crippen LogP contribution in [0.25, 0.3) is 10.9 Å². The molecule has 20 heavy (non-hydrogen) atoms. The first-order valence-electron chi connectivity index (χ1n) is 7.60. The van der Waals surface area contributed by atoms with Crippen LogP contribution in [0.3, 0.4) is 0 Å². The fourth-order valence-corrected chi connectivity index (χ4v) is 2.47. The molecule has 2 heteroatoms. The molecule has 0 spiro atoms. The highest BCUT2D eigenvalue weighted by Gasteiger charge is 2.02. The van der Waals surface area contributed by atoms with E-state index in [4.69, 9.17) is 0 Å². The Morgan fingerprint density at radius 2 is 2.15 bits per heavy atom. The standard InChI is InChI=1S/C18H26N2/c1-4-5-6-10-20-11-9-17-12-16(7-8-18(17)20)14-19-13-15(2)3/h4,7-9,11-12,15,19H,1,5-6,10,13-14H2,2-3H3. The molecule has 0 fully saturated rings. The van der Waals surface area contributed by atoms with E-state index in [9.17, 15) is 0 Å². The Morgan fingerprint density at radius 3 is 2.90 bits per heavy atom. The summed E-state index contributed by atoms with van der Waals surface area (Å²) in [5.74, 6) is 0.699. The SMILES string of the molecule is C=CCCCn1ccc2cc(CNCC(C)C)ccc21. The van der Waals surface area contributed by atoms with Gasteiger partial charge in [0.05, 0.1) is 0 Å². The number of fused-ring (bicyclic) bond motifs is 1. The molecule has 2 rings (SSSR count). The highest BCUT2D eigenvalue weighted by Crippen LogP contribution is 2.18. The zero-order chi connectivity index (χ0) is 14.4. The first-order chi connectivity index (χ1) is 9.70. The minimum Gasteiger partial charge on any atom is -0.347 e. The first-order valence-corrected chi connectivity index (χ1v) is 7.60. The molecule has 0 radical (unpaired) electrons. The Balaban J connectivity index is 2.01. The van der Waals surface area contributed by atoms with Gasteiger partial charge in [0.25, 0.3) is 0 Å². The van der Waals surface area contributed by atoms with Gasteiger partial charge in [-0.15, -0.1) is 6.58 Å². The molecule has 1 heterocycles. The second-order valence-corrected chi connectivity index (χ2v) is 5.86. The van der Waals surface area contributed by atoms with Gasteiger partial charge in [-0.1, -0.05) is 26.0 Å². The summed E-state index contributed by atoms with van der Waals surface area (Å²) >= 11 is 0. The number of aryl methyl sites for hydroxylation is 1. The largest absolute Gasteiger partial charge is 0.347 e. The van der Waals surface area contributed by atoms with Crippen molar-refractivity contribution in [3.05, 3.63) is 48.7 Å². The Hall–Kier alpha value is -1.54. The van der Waals surface area contributed by atoms with Gasteiger partial charge in [0.1, 0.15) is 0 Å². The minimum absolute atomic E-state index is 0.699. The average molecular weight is 270 g/mol. The summed E-state index contributed by atoms with van der Waals surface area (Å²) < 4.78 is 2.34. The molecular weight excluding hydrogens is 244 g/mol. The summed E-state index contributed by atoms with van der Waals surface area (Å²) in [5.41, 5.74) is 2.70. The molecule has 0 saturated heterocycles. The fraction of sp³-hybridized carbons (Fsp3) is 0.444. The number of hydrogen-bond donors (Lipinski definition) is 1. The van der Waals surface area contributed by atoms with Crippen molar-refractivity contribution in [3.8, 4) is 0 Å². The molecule has 0 aliphatic carbocycles. The van der Waals surface area contributed by atoms with Crippen LogP contribution in [-0.4, -0.2) is 11.1 Å². The molecule has 0 amide bonds. The van der Waals surface area contributed by atoms with Crippen molar-refractivity contribution in [3.63, 3.8) is 0 Å². The molecular formula is C18H26N2. The minimum atomic E-state index is 0.699. The molecule has 0 aliphatic heterocycles. The lowest BCUT2D eigenvalue weighted by molar-refractivity contribution is 0.552. The van der Waals surface area contributed by atoms with Crippen LogP contribution in [0.4, 0.5) is 0 Å². The topological polar surface area (TPSA) is 17.0 Å². The highest BCUT2D eigenvalue weighted by molar-refractivity contribution is 5.80. The Bertz CT molecular complexity index is 552. The average Bonchev–Trinajstić information content (AvgIpc) is 2.81. The maximum Gasteiger partial charge on any atom is 0.0480 e. The van der Waals surface area contributed by atoms with E-state index in [1.165, 1.54) is 16.5 Å². The van der Waals surface area contributed by atoms with Gasteiger partial charge in [-0.3, -0.25) is 0 Å². The molecule has 108 valence electrons. The van der Waals surface area contributed by atoms with Gasteiger partial charge in [0.15, 0.2) is 0 Å². The van der Waals surface area contributed by atoms with Crippen LogP contribution in [-0.2, 0) is 13.1 Å². The third kappa shape index (κ3) is 3.97. The number of rotatable bonds is 8. The van der Waals surface area contributed by atoms with Crippen LogP contribution < -0.4 is 5.32 Å². The molecule has 0 bridgehead atoms. The van der Waals surface area contributed by atoms with Crippen LogP contribution in [0.2, 0.25) is 0 Å². The van der Waals surface area contributed by atoms with Gasteiger partial charge >= 0.3 is 0 Å². The molecule has 1 N–H and O–H groups in total. The smallest absolute Gasteiger partial charge is 0.0480 e. The number of aromatic nitrogens is 1. The molecule has 1 aromatic heterocycles. The highest BCUT2D eigenvalue weighted by atomic mass is 14.9. The van der Waals surface area contributed by atoms with E-state index in [0.29, 0.717) is 5.92 Å². The van der Waals surface area contributed by atoms with Crippen LogP contribution in [0.5, 0.6) is 0 Å². The van der Waals surface area contributed by atoms with Gasteiger partial charge < -0.3 is 9.88 Å². The fourth-order valence-electron chi connectivity index (χ4n) is 2.47. The summed E-state index contributed by atoms with van der Waals surface area (Å²) in [6.45, 7) is 11.3. The van der Waals surface area contributed by atoms with E-state index in [0.717, 1.165) is 32.5 Å². The number of unbranched alkanes of at least 4 members (excludes halogenated alkanes) is 1. The maximum atomic E-state index is 3.78. The number of hydrogen-bond acceptors (Lipinski definition) is 1. The van der Waals surface area contributed by atoms with Crippen LogP contribution in [0, 0.1) is 5.92 Å². The van der Waals surface area contributed by atoms with Crippen LogP contribution >= 0.6 is 0 Å². The van der Waals surface area contributed by atoms with E-state index in [1.54, 1.807) is 0 Å². The molecule has 1 aromatic carbocycles. The van der Waals surface area contributed by atoms with Gasteiger partial charge in [-0.25, -0.2) is 0 Å². The summed E-state index contributed by atoms with van der Waals surface area (Å²) in [6, 6.07) is 9.00. The molecule has 0 atom stereocenters. The van der Waals surface area contributed by atoms with Gasteiger partial charge in [0, 0.05) is 24.8 Å². The van der Waals surface area contributed by atoms with E-state index < -0.39 is 0 Å². The molecule has 0 aliphatic rings. The normalized spacial score (nSPS) is 11.3. The van der Waals surface area contributed by atoms with Crippen LogP contribution in [0.15, 0.2) is 43.1 Å². The van der Waals surface area contributed by atoms with E-state index >= 15 is 0 Å². The molecule has 2 aromatic rings. The number of nitrogens with one attached hydrogen (secondary N) is 1. The second-order valence-electron chi connectivity index (χ2n) is 5.86. The van der Waals surface area contributed by atoms with Crippen molar-refractivity contribution in [2.45, 2.75) is 39.8 Å². The molecule has 0 saturated carbocycles. The third-order valence-corrected chi connectivity index (χ3v) is 3.52. The Labute approximate surface area is 122 Å².